The van der Waals surface area contributed by atoms with Crippen molar-refractivity contribution in [2.75, 3.05) is 7.11 Å². The summed E-state index contributed by atoms with van der Waals surface area (Å²) in [6, 6.07) is 0. The smallest absolute Gasteiger partial charge is 0.0636 e. The largest absolute Gasteiger partial charge is 0.280 e. The van der Waals surface area contributed by atoms with Gasteiger partial charge in [0.15, 0.2) is 0 Å². The van der Waals surface area contributed by atoms with E-state index in [2.05, 4.69) is 12.1 Å². The lowest BCUT2D eigenvalue weighted by atomic mass is 9.87. The maximum absolute atomic E-state index is 4.81. The zero-order valence-corrected chi connectivity index (χ0v) is 7.23. The lowest BCUT2D eigenvalue weighted by Gasteiger charge is -2.23. The predicted molar refractivity (Wildman–Crippen MR) is 45.9 cm³/mol. The van der Waals surface area contributed by atoms with Gasteiger partial charge in [-0.1, -0.05) is 25.8 Å². The molecule has 1 aliphatic carbocycles. The fourth-order valence-corrected chi connectivity index (χ4v) is 1.67. The minimum atomic E-state index is 0.642. The van der Waals surface area contributed by atoms with Gasteiger partial charge in [0.25, 0.3) is 0 Å². The highest BCUT2D eigenvalue weighted by molar-refractivity contribution is 4.96. The van der Waals surface area contributed by atoms with E-state index in [0.29, 0.717) is 5.92 Å². The lowest BCUT2D eigenvalue weighted by Crippen LogP contribution is -2.20. The molecule has 1 fully saturated rings. The van der Waals surface area contributed by atoms with Crippen molar-refractivity contribution in [3.63, 3.8) is 0 Å². The SMILES string of the molecule is C=C(NOC)C1CCCCC1. The highest BCUT2D eigenvalue weighted by atomic mass is 16.6. The first-order valence-corrected chi connectivity index (χ1v) is 4.32. The minimum Gasteiger partial charge on any atom is -0.280 e. The zero-order valence-electron chi connectivity index (χ0n) is 7.23. The molecule has 11 heavy (non-hydrogen) atoms. The van der Waals surface area contributed by atoms with Crippen LogP contribution in [0.15, 0.2) is 12.3 Å². The average molecular weight is 155 g/mol. The second-order valence-electron chi connectivity index (χ2n) is 3.17. The van der Waals surface area contributed by atoms with E-state index in [1.807, 2.05) is 0 Å². The van der Waals surface area contributed by atoms with Crippen LogP contribution in [-0.2, 0) is 4.84 Å². The summed E-state index contributed by atoms with van der Waals surface area (Å²) in [6.45, 7) is 3.93. The summed E-state index contributed by atoms with van der Waals surface area (Å²) < 4.78 is 0. The van der Waals surface area contributed by atoms with E-state index in [0.717, 1.165) is 5.70 Å². The number of rotatable bonds is 3. The van der Waals surface area contributed by atoms with Crippen LogP contribution in [0.4, 0.5) is 0 Å². The van der Waals surface area contributed by atoms with Crippen molar-refractivity contribution >= 4 is 0 Å². The van der Waals surface area contributed by atoms with Gasteiger partial charge in [-0.25, -0.2) is 0 Å². The Labute approximate surface area is 68.6 Å². The van der Waals surface area contributed by atoms with Crippen LogP contribution in [0.2, 0.25) is 0 Å². The molecule has 64 valence electrons. The monoisotopic (exact) mass is 155 g/mol. The van der Waals surface area contributed by atoms with Crippen LogP contribution in [0.25, 0.3) is 0 Å². The van der Waals surface area contributed by atoms with Crippen molar-refractivity contribution in [2.24, 2.45) is 5.92 Å². The van der Waals surface area contributed by atoms with Crippen molar-refractivity contribution < 1.29 is 4.84 Å². The molecule has 0 amide bonds. The van der Waals surface area contributed by atoms with Crippen LogP contribution in [-0.4, -0.2) is 7.11 Å². The summed E-state index contributed by atoms with van der Waals surface area (Å²) in [5.74, 6) is 0.642. The topological polar surface area (TPSA) is 21.3 Å². The van der Waals surface area contributed by atoms with Crippen LogP contribution in [0, 0.1) is 5.92 Å². The minimum absolute atomic E-state index is 0.642. The summed E-state index contributed by atoms with van der Waals surface area (Å²) >= 11 is 0. The molecule has 1 saturated carbocycles. The van der Waals surface area contributed by atoms with Gasteiger partial charge in [-0.3, -0.25) is 10.3 Å². The Hall–Kier alpha value is -0.500. The fraction of sp³-hybridized carbons (Fsp3) is 0.778. The molecule has 0 unspecified atom stereocenters. The molecular weight excluding hydrogens is 138 g/mol. The van der Waals surface area contributed by atoms with Crippen molar-refractivity contribution in [3.8, 4) is 0 Å². The highest BCUT2D eigenvalue weighted by Crippen LogP contribution is 2.27. The first-order chi connectivity index (χ1) is 5.34. The molecule has 0 atom stereocenters. The van der Waals surface area contributed by atoms with Crippen molar-refractivity contribution in [1.82, 2.24) is 5.48 Å². The zero-order chi connectivity index (χ0) is 8.10. The standard InChI is InChI=1S/C9H17NO/c1-8(10-11-2)9-6-4-3-5-7-9/h9-10H,1,3-7H2,2H3. The summed E-state index contributed by atoms with van der Waals surface area (Å²) in [7, 11) is 1.63. The lowest BCUT2D eigenvalue weighted by molar-refractivity contribution is 0.104. The second-order valence-corrected chi connectivity index (χ2v) is 3.17. The van der Waals surface area contributed by atoms with Gasteiger partial charge in [-0.2, -0.15) is 0 Å². The number of allylic oxidation sites excluding steroid dienone is 1. The molecule has 1 aliphatic rings. The first-order valence-electron chi connectivity index (χ1n) is 4.32. The second kappa shape index (κ2) is 4.39. The molecule has 0 radical (unpaired) electrons. The number of nitrogens with one attached hydrogen (secondary N) is 1. The highest BCUT2D eigenvalue weighted by Gasteiger charge is 2.15. The van der Waals surface area contributed by atoms with Gasteiger partial charge in [0.05, 0.1) is 7.11 Å². The molecular formula is C9H17NO. The van der Waals surface area contributed by atoms with Gasteiger partial charge >= 0.3 is 0 Å². The number of hydrogen-bond donors (Lipinski definition) is 1. The van der Waals surface area contributed by atoms with E-state index in [1.54, 1.807) is 7.11 Å². The summed E-state index contributed by atoms with van der Waals surface area (Å²) in [5, 5.41) is 0. The molecule has 0 aromatic heterocycles. The molecule has 0 aromatic rings. The van der Waals surface area contributed by atoms with Crippen LogP contribution >= 0.6 is 0 Å². The average Bonchev–Trinajstić information content (AvgIpc) is 2.07. The molecule has 0 bridgehead atoms. The number of hydrogen-bond acceptors (Lipinski definition) is 2. The Balaban J connectivity index is 2.27. The molecule has 2 heteroatoms. The van der Waals surface area contributed by atoms with Gasteiger partial charge in [-0.15, -0.1) is 0 Å². The van der Waals surface area contributed by atoms with Crippen LogP contribution in [0.1, 0.15) is 32.1 Å². The first kappa shape index (κ1) is 8.60. The van der Waals surface area contributed by atoms with Gasteiger partial charge < -0.3 is 0 Å². The maximum Gasteiger partial charge on any atom is 0.0636 e. The van der Waals surface area contributed by atoms with E-state index < -0.39 is 0 Å². The molecule has 0 heterocycles. The third-order valence-electron chi connectivity index (χ3n) is 2.33. The third-order valence-corrected chi connectivity index (χ3v) is 2.33. The molecule has 0 aliphatic heterocycles. The summed E-state index contributed by atoms with van der Waals surface area (Å²) in [4.78, 5) is 4.81. The van der Waals surface area contributed by atoms with Crippen LogP contribution in [0.3, 0.4) is 0 Å². The van der Waals surface area contributed by atoms with E-state index in [4.69, 9.17) is 4.84 Å². The summed E-state index contributed by atoms with van der Waals surface area (Å²) in [6.07, 6.45) is 6.62. The Morgan fingerprint density at radius 2 is 2.00 bits per heavy atom. The van der Waals surface area contributed by atoms with Crippen LogP contribution < -0.4 is 5.48 Å². The molecule has 1 rings (SSSR count). The molecule has 0 saturated heterocycles. The Bertz CT molecular complexity index is 128. The van der Waals surface area contributed by atoms with E-state index in [1.165, 1.54) is 32.1 Å². The van der Waals surface area contributed by atoms with Gasteiger partial charge in [0.2, 0.25) is 0 Å². The maximum atomic E-state index is 4.81. The summed E-state index contributed by atoms with van der Waals surface area (Å²) in [5.41, 5.74) is 3.87. The van der Waals surface area contributed by atoms with Crippen LogP contribution in [0.5, 0.6) is 0 Å². The Morgan fingerprint density at radius 1 is 1.36 bits per heavy atom. The Morgan fingerprint density at radius 3 is 2.55 bits per heavy atom. The van der Waals surface area contributed by atoms with E-state index in [9.17, 15) is 0 Å². The van der Waals surface area contributed by atoms with Gasteiger partial charge in [0.1, 0.15) is 0 Å². The van der Waals surface area contributed by atoms with E-state index >= 15 is 0 Å². The molecule has 1 N–H and O–H groups in total. The molecule has 0 spiro atoms. The normalized spacial score (nSPS) is 19.7. The fourth-order valence-electron chi connectivity index (χ4n) is 1.67. The number of hydroxylamine groups is 1. The van der Waals surface area contributed by atoms with Crippen molar-refractivity contribution in [1.29, 1.82) is 0 Å². The van der Waals surface area contributed by atoms with E-state index in [-0.39, 0.29) is 0 Å². The predicted octanol–water partition coefficient (Wildman–Crippen LogP) is 2.23. The third kappa shape index (κ3) is 2.54. The molecule has 2 nitrogen and oxygen atoms in total. The van der Waals surface area contributed by atoms with Gasteiger partial charge in [-0.05, 0) is 12.8 Å². The quantitative estimate of drug-likeness (QED) is 0.631. The van der Waals surface area contributed by atoms with Crippen molar-refractivity contribution in [2.45, 2.75) is 32.1 Å². The molecule has 0 aromatic carbocycles. The Kier molecular flexibility index (Phi) is 3.43. The van der Waals surface area contributed by atoms with Crippen molar-refractivity contribution in [3.05, 3.63) is 12.3 Å². The van der Waals surface area contributed by atoms with Gasteiger partial charge in [0, 0.05) is 11.6 Å².